The molecule has 1 heterocycles. The van der Waals surface area contributed by atoms with Crippen molar-refractivity contribution in [1.82, 2.24) is 4.90 Å². The molecule has 0 fully saturated rings. The van der Waals surface area contributed by atoms with Crippen molar-refractivity contribution in [2.75, 3.05) is 6.61 Å². The molecule has 2 unspecified atom stereocenters. The number of benzene rings is 3. The number of carbonyl (C=O) groups is 1. The van der Waals surface area contributed by atoms with E-state index in [1.165, 1.54) is 6.07 Å². The van der Waals surface area contributed by atoms with E-state index in [0.717, 1.165) is 17.0 Å². The Hall–Kier alpha value is -3.23. The molecule has 0 saturated carbocycles. The van der Waals surface area contributed by atoms with Crippen LogP contribution in [0.25, 0.3) is 0 Å². The van der Waals surface area contributed by atoms with Crippen molar-refractivity contribution in [3.05, 3.63) is 99.0 Å². The van der Waals surface area contributed by atoms with Crippen LogP contribution < -0.4 is 4.74 Å². The number of halogens is 5. The normalized spacial score (nSPS) is 21.6. The van der Waals surface area contributed by atoms with Gasteiger partial charge in [-0.3, -0.25) is 4.99 Å². The minimum atomic E-state index is -4.61. The van der Waals surface area contributed by atoms with Gasteiger partial charge in [0.2, 0.25) is 0 Å². The van der Waals surface area contributed by atoms with Crippen molar-refractivity contribution in [2.45, 2.75) is 38.0 Å². The summed E-state index contributed by atoms with van der Waals surface area (Å²) in [7, 11) is 0. The van der Waals surface area contributed by atoms with Crippen LogP contribution in [0.1, 0.15) is 43.0 Å². The molecule has 3 aromatic rings. The van der Waals surface area contributed by atoms with Crippen molar-refractivity contribution in [1.29, 1.82) is 0 Å². The van der Waals surface area contributed by atoms with E-state index in [9.17, 15) is 23.1 Å². The van der Waals surface area contributed by atoms with Crippen molar-refractivity contribution >= 4 is 35.1 Å². The first kappa shape index (κ1) is 26.8. The summed E-state index contributed by atoms with van der Waals surface area (Å²) in [4.78, 5) is 18.9. The Morgan fingerprint density at radius 3 is 2.00 bits per heavy atom. The number of hydrogen-bond donors (Lipinski definition) is 1. The number of amides is 1. The van der Waals surface area contributed by atoms with Crippen molar-refractivity contribution in [3.8, 4) is 5.75 Å². The first-order valence-corrected chi connectivity index (χ1v) is 12.1. The van der Waals surface area contributed by atoms with Crippen LogP contribution in [0.4, 0.5) is 18.0 Å². The Morgan fingerprint density at radius 1 is 0.973 bits per heavy atom. The second-order valence-electron chi connectivity index (χ2n) is 8.85. The van der Waals surface area contributed by atoms with Crippen LogP contribution in [0.2, 0.25) is 10.0 Å². The smallest absolute Gasteiger partial charge is 0.416 e. The van der Waals surface area contributed by atoms with Crippen LogP contribution in [-0.2, 0) is 17.3 Å². The standard InChI is InChI=1S/C27H23Cl2F3N2O3/c1-4-37-22-15-18(27(30,31)32)9-14-21(22)23-33-25(2,16-5-10-19(28)11-6-16)26(3,34(23)24(35)36)17-7-12-20(29)13-8-17/h5-15H,4H2,1-3H3,(H,35,36). The summed E-state index contributed by atoms with van der Waals surface area (Å²) >= 11 is 12.2. The second kappa shape index (κ2) is 9.58. The first-order chi connectivity index (χ1) is 17.3. The van der Waals surface area contributed by atoms with Gasteiger partial charge in [-0.05, 0) is 74.4 Å². The molecule has 0 bridgehead atoms. The van der Waals surface area contributed by atoms with Crippen molar-refractivity contribution in [2.24, 2.45) is 4.99 Å². The number of carboxylic acid groups (broad SMARTS) is 1. The molecule has 0 radical (unpaired) electrons. The third-order valence-corrected chi connectivity index (χ3v) is 7.29. The minimum absolute atomic E-state index is 0.0421. The Kier molecular flexibility index (Phi) is 6.94. The molecule has 1 aliphatic rings. The van der Waals surface area contributed by atoms with Crippen molar-refractivity contribution < 1.29 is 27.8 Å². The molecule has 10 heteroatoms. The molecule has 37 heavy (non-hydrogen) atoms. The van der Waals surface area contributed by atoms with E-state index >= 15 is 0 Å². The Labute approximate surface area is 222 Å². The number of amidine groups is 1. The fraction of sp³-hybridized carbons (Fsp3) is 0.259. The average Bonchev–Trinajstić information content (AvgIpc) is 3.08. The molecule has 2 atom stereocenters. The molecular weight excluding hydrogens is 528 g/mol. The summed E-state index contributed by atoms with van der Waals surface area (Å²) in [5, 5.41) is 11.4. The van der Waals surface area contributed by atoms with Crippen LogP contribution in [0.3, 0.4) is 0 Å². The van der Waals surface area contributed by atoms with Gasteiger partial charge in [-0.2, -0.15) is 13.2 Å². The van der Waals surface area contributed by atoms with E-state index in [0.29, 0.717) is 21.2 Å². The molecule has 3 aromatic carbocycles. The molecular formula is C27H23Cl2F3N2O3. The highest BCUT2D eigenvalue weighted by atomic mass is 35.5. The van der Waals surface area contributed by atoms with Gasteiger partial charge < -0.3 is 9.84 Å². The highest BCUT2D eigenvalue weighted by Gasteiger charge is 2.60. The van der Waals surface area contributed by atoms with Gasteiger partial charge in [0.15, 0.2) is 0 Å². The topological polar surface area (TPSA) is 62.1 Å². The average molecular weight is 551 g/mol. The van der Waals surface area contributed by atoms with Crippen LogP contribution in [0.15, 0.2) is 71.7 Å². The van der Waals surface area contributed by atoms with E-state index in [-0.39, 0.29) is 23.8 Å². The molecule has 1 amide bonds. The van der Waals surface area contributed by atoms with Crippen molar-refractivity contribution in [3.63, 3.8) is 0 Å². The molecule has 0 spiro atoms. The minimum Gasteiger partial charge on any atom is -0.493 e. The van der Waals surface area contributed by atoms with Crippen LogP contribution in [-0.4, -0.2) is 28.5 Å². The zero-order valence-corrected chi connectivity index (χ0v) is 21.6. The lowest BCUT2D eigenvalue weighted by Gasteiger charge is -2.44. The maximum Gasteiger partial charge on any atom is 0.416 e. The number of rotatable bonds is 5. The molecule has 1 aliphatic heterocycles. The number of nitrogens with zero attached hydrogens (tertiary/aromatic N) is 2. The maximum atomic E-state index is 13.5. The summed E-state index contributed by atoms with van der Waals surface area (Å²) < 4.78 is 45.9. The van der Waals surface area contributed by atoms with E-state index in [1.807, 2.05) is 0 Å². The summed E-state index contributed by atoms with van der Waals surface area (Å²) in [6.45, 7) is 5.20. The number of hydrogen-bond acceptors (Lipinski definition) is 3. The van der Waals surface area contributed by atoms with E-state index in [1.54, 1.807) is 69.3 Å². The van der Waals surface area contributed by atoms with Gasteiger partial charge in [0.25, 0.3) is 0 Å². The molecule has 5 nitrogen and oxygen atoms in total. The van der Waals surface area contributed by atoms with Gasteiger partial charge in [0.05, 0.1) is 17.7 Å². The number of aliphatic imine (C=N–C) groups is 1. The zero-order chi connectivity index (χ0) is 27.2. The van der Waals surface area contributed by atoms with Gasteiger partial charge in [0, 0.05) is 10.0 Å². The number of ether oxygens (including phenoxy) is 1. The predicted octanol–water partition coefficient (Wildman–Crippen LogP) is 7.98. The third kappa shape index (κ3) is 4.53. The van der Waals surface area contributed by atoms with E-state index < -0.39 is 28.9 Å². The van der Waals surface area contributed by atoms with Crippen LogP contribution >= 0.6 is 23.2 Å². The lowest BCUT2D eigenvalue weighted by molar-refractivity contribution is -0.137. The largest absolute Gasteiger partial charge is 0.493 e. The van der Waals surface area contributed by atoms with Crippen LogP contribution in [0, 0.1) is 0 Å². The van der Waals surface area contributed by atoms with Gasteiger partial charge in [0.1, 0.15) is 22.7 Å². The third-order valence-electron chi connectivity index (χ3n) is 6.79. The van der Waals surface area contributed by atoms with Gasteiger partial charge in [-0.25, -0.2) is 9.69 Å². The fourth-order valence-corrected chi connectivity index (χ4v) is 4.98. The van der Waals surface area contributed by atoms with Gasteiger partial charge >= 0.3 is 12.3 Å². The lowest BCUT2D eigenvalue weighted by atomic mass is 9.71. The monoisotopic (exact) mass is 550 g/mol. The molecule has 4 rings (SSSR count). The molecule has 0 aliphatic carbocycles. The predicted molar refractivity (Wildman–Crippen MR) is 137 cm³/mol. The molecule has 0 saturated heterocycles. The Balaban J connectivity index is 2.03. The summed E-state index contributed by atoms with van der Waals surface area (Å²) in [5.41, 5.74) is -2.11. The highest BCUT2D eigenvalue weighted by Crippen LogP contribution is 2.53. The molecule has 1 N–H and O–H groups in total. The van der Waals surface area contributed by atoms with Gasteiger partial charge in [-0.15, -0.1) is 0 Å². The Morgan fingerprint density at radius 2 is 1.51 bits per heavy atom. The zero-order valence-electron chi connectivity index (χ0n) is 20.1. The quantitative estimate of drug-likeness (QED) is 0.350. The summed E-state index contributed by atoms with van der Waals surface area (Å²) in [6.07, 6.45) is -5.94. The summed E-state index contributed by atoms with van der Waals surface area (Å²) in [5.74, 6) is -0.166. The number of alkyl halides is 3. The Bertz CT molecular complexity index is 1360. The highest BCUT2D eigenvalue weighted by molar-refractivity contribution is 6.30. The summed E-state index contributed by atoms with van der Waals surface area (Å²) in [6, 6.07) is 16.5. The van der Waals surface area contributed by atoms with Gasteiger partial charge in [-0.1, -0.05) is 47.5 Å². The molecule has 0 aromatic heterocycles. The molecule has 194 valence electrons. The lowest BCUT2D eigenvalue weighted by Crippen LogP contribution is -2.54. The van der Waals surface area contributed by atoms with E-state index in [4.69, 9.17) is 32.9 Å². The maximum absolute atomic E-state index is 13.5. The van der Waals surface area contributed by atoms with Crippen LogP contribution in [0.5, 0.6) is 5.75 Å². The SMILES string of the molecule is CCOc1cc(C(F)(F)F)ccc1C1=NC(C)(c2ccc(Cl)cc2)C(C)(c2ccc(Cl)cc2)N1C(=O)O. The first-order valence-electron chi connectivity index (χ1n) is 11.3. The fourth-order valence-electron chi connectivity index (χ4n) is 4.73. The van der Waals surface area contributed by atoms with E-state index in [2.05, 4.69) is 0 Å². The second-order valence-corrected chi connectivity index (χ2v) is 9.73.